The summed E-state index contributed by atoms with van der Waals surface area (Å²) in [5.41, 5.74) is 3.32. The minimum absolute atomic E-state index is 0.222. The van der Waals surface area contributed by atoms with Crippen LogP contribution in [0.1, 0.15) is 37.7 Å². The molecule has 0 aliphatic carbocycles. The molecule has 28 heavy (non-hydrogen) atoms. The average molecular weight is 383 g/mol. The molecule has 1 aromatic carbocycles. The highest BCUT2D eigenvalue weighted by molar-refractivity contribution is 6.06. The summed E-state index contributed by atoms with van der Waals surface area (Å²) < 4.78 is 15.2. The quantitative estimate of drug-likeness (QED) is 0.661. The monoisotopic (exact) mass is 383 g/mol. The van der Waals surface area contributed by atoms with E-state index in [1.807, 2.05) is 13.8 Å². The second-order valence-electron chi connectivity index (χ2n) is 6.69. The number of nitrogens with zero attached hydrogens (tertiary/aromatic N) is 3. The van der Waals surface area contributed by atoms with E-state index in [0.717, 1.165) is 11.4 Å². The summed E-state index contributed by atoms with van der Waals surface area (Å²) in [6.07, 6.45) is 0. The lowest BCUT2D eigenvalue weighted by molar-refractivity contribution is 0.0928. The standard InChI is InChI=1S/C20H22FN5O2/c1-11-5-6-14(10-16(11)21)19(27)22-7-8-23-20(28)15-9-12(2)24-18-17(15)13(3)25-26(18)4/h5-6,9-10H,7-8H2,1-4H3,(H,22,27)(H,23,28). The molecule has 2 N–H and O–H groups in total. The van der Waals surface area contributed by atoms with Crippen LogP contribution >= 0.6 is 0 Å². The summed E-state index contributed by atoms with van der Waals surface area (Å²) in [4.78, 5) is 29.1. The van der Waals surface area contributed by atoms with Crippen LogP contribution in [0.25, 0.3) is 11.0 Å². The third-order valence-electron chi connectivity index (χ3n) is 4.47. The molecule has 8 heteroatoms. The van der Waals surface area contributed by atoms with Crippen molar-refractivity contribution in [3.8, 4) is 0 Å². The topological polar surface area (TPSA) is 88.9 Å². The van der Waals surface area contributed by atoms with Crippen LogP contribution in [0.5, 0.6) is 0 Å². The Kier molecular flexibility index (Phi) is 5.39. The molecule has 2 heterocycles. The van der Waals surface area contributed by atoms with Gasteiger partial charge in [0.15, 0.2) is 5.65 Å². The Morgan fingerprint density at radius 3 is 2.43 bits per heavy atom. The van der Waals surface area contributed by atoms with Gasteiger partial charge in [-0.2, -0.15) is 5.10 Å². The second-order valence-corrected chi connectivity index (χ2v) is 6.69. The fourth-order valence-corrected chi connectivity index (χ4v) is 3.03. The van der Waals surface area contributed by atoms with Crippen molar-refractivity contribution in [2.45, 2.75) is 20.8 Å². The van der Waals surface area contributed by atoms with Crippen LogP contribution < -0.4 is 10.6 Å². The smallest absolute Gasteiger partial charge is 0.252 e. The molecule has 0 saturated heterocycles. The first-order valence-electron chi connectivity index (χ1n) is 8.91. The van der Waals surface area contributed by atoms with Crippen LogP contribution in [0.4, 0.5) is 4.39 Å². The van der Waals surface area contributed by atoms with Gasteiger partial charge in [-0.15, -0.1) is 0 Å². The minimum Gasteiger partial charge on any atom is -0.350 e. The first-order valence-corrected chi connectivity index (χ1v) is 8.91. The molecule has 0 saturated carbocycles. The number of pyridine rings is 1. The molecule has 0 bridgehead atoms. The maximum atomic E-state index is 13.6. The number of hydrogen-bond acceptors (Lipinski definition) is 4. The van der Waals surface area contributed by atoms with E-state index in [1.165, 1.54) is 6.07 Å². The normalized spacial score (nSPS) is 10.9. The molecule has 0 atom stereocenters. The maximum absolute atomic E-state index is 13.6. The van der Waals surface area contributed by atoms with Crippen molar-refractivity contribution < 1.29 is 14.0 Å². The second kappa shape index (κ2) is 7.75. The molecule has 2 amide bonds. The van der Waals surface area contributed by atoms with Crippen molar-refractivity contribution in [1.29, 1.82) is 0 Å². The summed E-state index contributed by atoms with van der Waals surface area (Å²) in [6.45, 7) is 5.74. The third-order valence-corrected chi connectivity index (χ3v) is 4.47. The van der Waals surface area contributed by atoms with E-state index >= 15 is 0 Å². The van der Waals surface area contributed by atoms with E-state index in [4.69, 9.17) is 0 Å². The van der Waals surface area contributed by atoms with Gasteiger partial charge >= 0.3 is 0 Å². The Bertz CT molecular complexity index is 1070. The van der Waals surface area contributed by atoms with Crippen molar-refractivity contribution >= 4 is 22.8 Å². The lowest BCUT2D eigenvalue weighted by Gasteiger charge is -2.09. The van der Waals surface area contributed by atoms with Gasteiger partial charge in [-0.3, -0.25) is 14.3 Å². The SMILES string of the molecule is Cc1cc(C(=O)NCCNC(=O)c2ccc(C)c(F)c2)c2c(C)nn(C)c2n1. The van der Waals surface area contributed by atoms with E-state index in [9.17, 15) is 14.0 Å². The first-order chi connectivity index (χ1) is 13.3. The maximum Gasteiger partial charge on any atom is 0.252 e. The van der Waals surface area contributed by atoms with Crippen LogP contribution in [0.15, 0.2) is 24.3 Å². The van der Waals surface area contributed by atoms with E-state index in [1.54, 1.807) is 36.9 Å². The number of amides is 2. The lowest BCUT2D eigenvalue weighted by Crippen LogP contribution is -2.34. The molecule has 0 fully saturated rings. The predicted octanol–water partition coefficient (Wildman–Crippen LogP) is 2.19. The largest absolute Gasteiger partial charge is 0.350 e. The van der Waals surface area contributed by atoms with E-state index < -0.39 is 11.7 Å². The zero-order chi connectivity index (χ0) is 20.4. The number of carbonyl (C=O) groups excluding carboxylic acids is 2. The van der Waals surface area contributed by atoms with Gasteiger partial charge in [-0.1, -0.05) is 6.07 Å². The number of carbonyl (C=O) groups is 2. The fourth-order valence-electron chi connectivity index (χ4n) is 3.03. The van der Waals surface area contributed by atoms with E-state index in [2.05, 4.69) is 20.7 Å². The molecule has 146 valence electrons. The summed E-state index contributed by atoms with van der Waals surface area (Å²) >= 11 is 0. The number of hydrogen-bond donors (Lipinski definition) is 2. The molecule has 0 aliphatic rings. The van der Waals surface area contributed by atoms with Gasteiger partial charge in [0.25, 0.3) is 11.8 Å². The van der Waals surface area contributed by atoms with Crippen molar-refractivity contribution in [3.05, 3.63) is 58.2 Å². The minimum atomic E-state index is -0.426. The van der Waals surface area contributed by atoms with Crippen LogP contribution in [0, 0.1) is 26.6 Å². The molecule has 0 unspecified atom stereocenters. The number of halogens is 1. The Labute approximate surface area is 162 Å². The Balaban J connectivity index is 1.63. The summed E-state index contributed by atoms with van der Waals surface area (Å²) in [7, 11) is 1.78. The predicted molar refractivity (Wildman–Crippen MR) is 104 cm³/mol. The lowest BCUT2D eigenvalue weighted by atomic mass is 10.1. The molecule has 2 aromatic heterocycles. The van der Waals surface area contributed by atoms with Gasteiger partial charge in [-0.05, 0) is 44.5 Å². The molecular formula is C20H22FN5O2. The highest BCUT2D eigenvalue weighted by Gasteiger charge is 2.17. The van der Waals surface area contributed by atoms with E-state index in [0.29, 0.717) is 22.2 Å². The van der Waals surface area contributed by atoms with E-state index in [-0.39, 0.29) is 24.6 Å². The molecule has 3 rings (SSSR count). The van der Waals surface area contributed by atoms with Crippen molar-refractivity contribution in [1.82, 2.24) is 25.4 Å². The Morgan fingerprint density at radius 2 is 1.75 bits per heavy atom. The number of benzene rings is 1. The number of fused-ring (bicyclic) bond motifs is 1. The van der Waals surface area contributed by atoms with Gasteiger partial charge in [0.1, 0.15) is 5.82 Å². The molecule has 0 radical (unpaired) electrons. The third kappa shape index (κ3) is 3.85. The van der Waals surface area contributed by atoms with Crippen molar-refractivity contribution in [3.63, 3.8) is 0 Å². The van der Waals surface area contributed by atoms with Crippen LogP contribution in [0.3, 0.4) is 0 Å². The Hall–Kier alpha value is -3.29. The van der Waals surface area contributed by atoms with Gasteiger partial charge < -0.3 is 10.6 Å². The Morgan fingerprint density at radius 1 is 1.07 bits per heavy atom. The van der Waals surface area contributed by atoms with Gasteiger partial charge in [0.2, 0.25) is 0 Å². The molecule has 0 aliphatic heterocycles. The van der Waals surface area contributed by atoms with Crippen molar-refractivity contribution in [2.75, 3.05) is 13.1 Å². The number of aryl methyl sites for hydroxylation is 4. The zero-order valence-electron chi connectivity index (χ0n) is 16.3. The van der Waals surface area contributed by atoms with Crippen molar-refractivity contribution in [2.24, 2.45) is 7.05 Å². The summed E-state index contributed by atoms with van der Waals surface area (Å²) in [5.74, 6) is -1.08. The van der Waals surface area contributed by atoms with Gasteiger partial charge in [0.05, 0.1) is 16.6 Å². The average Bonchev–Trinajstić information content (AvgIpc) is 2.93. The highest BCUT2D eigenvalue weighted by atomic mass is 19.1. The summed E-state index contributed by atoms with van der Waals surface area (Å²) in [6, 6.07) is 6.04. The molecule has 0 spiro atoms. The number of aromatic nitrogens is 3. The molecule has 3 aromatic rings. The van der Waals surface area contributed by atoms with Crippen LogP contribution in [0.2, 0.25) is 0 Å². The summed E-state index contributed by atoms with van der Waals surface area (Å²) in [5, 5.41) is 10.5. The van der Waals surface area contributed by atoms with Crippen LogP contribution in [-0.2, 0) is 7.05 Å². The fraction of sp³-hybridized carbons (Fsp3) is 0.300. The molecular weight excluding hydrogens is 361 g/mol. The van der Waals surface area contributed by atoms with Crippen LogP contribution in [-0.4, -0.2) is 39.7 Å². The van der Waals surface area contributed by atoms with Gasteiger partial charge in [-0.25, -0.2) is 9.37 Å². The zero-order valence-corrected chi connectivity index (χ0v) is 16.3. The number of rotatable bonds is 5. The molecule has 7 nitrogen and oxygen atoms in total. The number of nitrogens with one attached hydrogen (secondary N) is 2. The van der Waals surface area contributed by atoms with Gasteiger partial charge in [0, 0.05) is 31.4 Å². The first kappa shape index (κ1) is 19.5. The highest BCUT2D eigenvalue weighted by Crippen LogP contribution is 2.21.